The van der Waals surface area contributed by atoms with E-state index >= 15 is 0 Å². The van der Waals surface area contributed by atoms with Gasteiger partial charge in [0.2, 0.25) is 0 Å². The Hall–Kier alpha value is -4.56. The molecule has 2 aromatic carbocycles. The zero-order valence-electron chi connectivity index (χ0n) is 21.4. The molecule has 0 amide bonds. The van der Waals surface area contributed by atoms with Crippen LogP contribution in [0.2, 0.25) is 0 Å². The van der Waals surface area contributed by atoms with Gasteiger partial charge in [-0.2, -0.15) is 5.10 Å². The van der Waals surface area contributed by atoms with Gasteiger partial charge in [0.15, 0.2) is 0 Å². The Balaban J connectivity index is 1.41. The van der Waals surface area contributed by atoms with Crippen molar-refractivity contribution in [3.8, 4) is 39.4 Å². The first-order chi connectivity index (χ1) is 18.5. The van der Waals surface area contributed by atoms with Gasteiger partial charge < -0.3 is 14.6 Å². The van der Waals surface area contributed by atoms with Gasteiger partial charge in [0.05, 0.1) is 22.9 Å². The Morgan fingerprint density at radius 2 is 1.74 bits per heavy atom. The molecular weight excluding hydrogens is 479 g/mol. The number of pyridine rings is 2. The molecule has 38 heavy (non-hydrogen) atoms. The van der Waals surface area contributed by atoms with E-state index in [2.05, 4.69) is 44.2 Å². The minimum atomic E-state index is -0.355. The summed E-state index contributed by atoms with van der Waals surface area (Å²) in [4.78, 5) is 14.2. The topological polar surface area (TPSA) is 82.7 Å². The highest BCUT2D eigenvalue weighted by molar-refractivity contribution is 6.01. The lowest BCUT2D eigenvalue weighted by atomic mass is 10.0. The first kappa shape index (κ1) is 23.8. The minimum absolute atomic E-state index is 0.355. The number of likely N-dealkylation sites (N-methyl/N-ethyl adjacent to an activating group) is 1. The van der Waals surface area contributed by atoms with E-state index in [1.807, 2.05) is 49.5 Å². The third kappa shape index (κ3) is 4.50. The van der Waals surface area contributed by atoms with E-state index in [9.17, 15) is 4.39 Å². The number of hydrogen-bond acceptors (Lipinski definition) is 5. The van der Waals surface area contributed by atoms with Crippen LogP contribution in [0, 0.1) is 12.7 Å². The van der Waals surface area contributed by atoms with E-state index in [-0.39, 0.29) is 5.82 Å². The maximum Gasteiger partial charge on any atom is 0.127 e. The normalized spacial score (nSPS) is 11.6. The zero-order chi connectivity index (χ0) is 26.2. The van der Waals surface area contributed by atoms with Crippen LogP contribution in [0.4, 0.5) is 4.39 Å². The van der Waals surface area contributed by atoms with Crippen LogP contribution in [0.1, 0.15) is 5.56 Å². The lowest BCUT2D eigenvalue weighted by molar-refractivity contribution is 0.260. The molecule has 190 valence electrons. The van der Waals surface area contributed by atoms with Gasteiger partial charge in [-0.1, -0.05) is 6.07 Å². The molecule has 8 heteroatoms. The van der Waals surface area contributed by atoms with Crippen molar-refractivity contribution in [2.75, 3.05) is 27.2 Å². The summed E-state index contributed by atoms with van der Waals surface area (Å²) in [6.07, 6.45) is 7.21. The molecule has 0 unspecified atom stereocenters. The SMILES string of the molecule is Cc1ccncc1-c1ccc2[nH]nc(-c3cc4c(-c5cc(F)cc(OCCN(C)C)c5)cncc4[nH]3)c2c1. The molecule has 4 aromatic heterocycles. The van der Waals surface area contributed by atoms with Gasteiger partial charge in [-0.15, -0.1) is 0 Å². The zero-order valence-corrected chi connectivity index (χ0v) is 21.4. The van der Waals surface area contributed by atoms with Crippen LogP contribution < -0.4 is 4.74 Å². The third-order valence-electron chi connectivity index (χ3n) is 6.70. The molecule has 2 N–H and O–H groups in total. The average Bonchev–Trinajstić information content (AvgIpc) is 3.52. The van der Waals surface area contributed by atoms with Crippen molar-refractivity contribution >= 4 is 21.8 Å². The first-order valence-electron chi connectivity index (χ1n) is 12.4. The van der Waals surface area contributed by atoms with Gasteiger partial charge in [-0.3, -0.25) is 15.1 Å². The largest absolute Gasteiger partial charge is 0.492 e. The molecule has 6 aromatic rings. The van der Waals surface area contributed by atoms with Crippen LogP contribution in [0.25, 0.3) is 55.4 Å². The van der Waals surface area contributed by atoms with Gasteiger partial charge in [0.25, 0.3) is 0 Å². The summed E-state index contributed by atoms with van der Waals surface area (Å²) < 4.78 is 20.4. The van der Waals surface area contributed by atoms with E-state index in [1.165, 1.54) is 12.1 Å². The predicted molar refractivity (Wildman–Crippen MR) is 149 cm³/mol. The van der Waals surface area contributed by atoms with Gasteiger partial charge in [0.1, 0.15) is 23.9 Å². The first-order valence-corrected chi connectivity index (χ1v) is 12.4. The highest BCUT2D eigenvalue weighted by Crippen LogP contribution is 2.36. The van der Waals surface area contributed by atoms with Crippen molar-refractivity contribution < 1.29 is 9.13 Å². The minimum Gasteiger partial charge on any atom is -0.492 e. The van der Waals surface area contributed by atoms with Crippen molar-refractivity contribution in [2.24, 2.45) is 0 Å². The summed E-state index contributed by atoms with van der Waals surface area (Å²) >= 11 is 0. The molecule has 0 aliphatic carbocycles. The molecule has 0 saturated carbocycles. The number of ether oxygens (including phenoxy) is 1. The molecule has 0 atom stereocenters. The number of halogens is 1. The molecule has 4 heterocycles. The molecule has 6 rings (SSSR count). The Labute approximate surface area is 219 Å². The summed E-state index contributed by atoms with van der Waals surface area (Å²) in [6.45, 7) is 3.29. The second kappa shape index (κ2) is 9.72. The van der Waals surface area contributed by atoms with Crippen LogP contribution >= 0.6 is 0 Å². The number of aryl methyl sites for hydroxylation is 1. The molecule has 0 radical (unpaired) electrons. The smallest absolute Gasteiger partial charge is 0.127 e. The molecule has 0 aliphatic heterocycles. The molecule has 0 bridgehead atoms. The number of fused-ring (bicyclic) bond motifs is 2. The van der Waals surface area contributed by atoms with E-state index in [4.69, 9.17) is 4.74 Å². The highest BCUT2D eigenvalue weighted by Gasteiger charge is 2.16. The number of H-pyrrole nitrogens is 2. The number of aromatic nitrogens is 5. The van der Waals surface area contributed by atoms with Crippen LogP contribution in [0.15, 0.2) is 73.3 Å². The van der Waals surface area contributed by atoms with Crippen molar-refractivity contribution in [1.29, 1.82) is 0 Å². The molecular formula is C30H27FN6O. The predicted octanol–water partition coefficient (Wildman–Crippen LogP) is 6.22. The number of nitrogens with one attached hydrogen (secondary N) is 2. The Morgan fingerprint density at radius 3 is 2.58 bits per heavy atom. The molecule has 7 nitrogen and oxygen atoms in total. The van der Waals surface area contributed by atoms with Crippen molar-refractivity contribution in [1.82, 2.24) is 30.0 Å². The van der Waals surface area contributed by atoms with Crippen LogP contribution in [0.5, 0.6) is 5.75 Å². The molecule has 0 aliphatic rings. The number of aromatic amines is 2. The summed E-state index contributed by atoms with van der Waals surface area (Å²) in [5.74, 6) is 0.137. The fourth-order valence-electron chi connectivity index (χ4n) is 4.71. The van der Waals surface area contributed by atoms with Crippen LogP contribution in [0.3, 0.4) is 0 Å². The fourth-order valence-corrected chi connectivity index (χ4v) is 4.71. The highest BCUT2D eigenvalue weighted by atomic mass is 19.1. The standard InChI is InChI=1S/C30H27FN6O/c1-18-6-7-32-15-25(18)19-4-5-27-24(12-19)30(36-35-27)28-14-23-26(16-33-17-29(23)34-28)20-10-21(31)13-22(11-20)38-9-8-37(2)3/h4-7,10-17,34H,8-9H2,1-3H3,(H,35,36). The van der Waals surface area contributed by atoms with Crippen molar-refractivity contribution in [3.05, 3.63) is 84.7 Å². The van der Waals surface area contributed by atoms with E-state index in [1.54, 1.807) is 18.6 Å². The number of nitrogens with zero attached hydrogens (tertiary/aromatic N) is 4. The molecule has 0 saturated heterocycles. The maximum absolute atomic E-state index is 14.6. The number of hydrogen-bond donors (Lipinski definition) is 2. The van der Waals surface area contributed by atoms with Gasteiger partial charge in [-0.25, -0.2) is 4.39 Å². The lowest BCUT2D eigenvalue weighted by Crippen LogP contribution is -2.19. The quantitative estimate of drug-likeness (QED) is 0.268. The van der Waals surface area contributed by atoms with Gasteiger partial charge in [0, 0.05) is 53.1 Å². The average molecular weight is 507 g/mol. The number of rotatable bonds is 7. The Kier molecular flexibility index (Phi) is 6.09. The van der Waals surface area contributed by atoms with E-state index in [0.29, 0.717) is 17.9 Å². The third-order valence-corrected chi connectivity index (χ3v) is 6.70. The van der Waals surface area contributed by atoms with Crippen LogP contribution in [-0.2, 0) is 0 Å². The fraction of sp³-hybridized carbons (Fsp3) is 0.167. The number of benzene rings is 2. The van der Waals surface area contributed by atoms with Gasteiger partial charge >= 0.3 is 0 Å². The maximum atomic E-state index is 14.6. The summed E-state index contributed by atoms with van der Waals surface area (Å²) in [6, 6.07) is 15.1. The van der Waals surface area contributed by atoms with E-state index in [0.717, 1.165) is 62.0 Å². The Morgan fingerprint density at radius 1 is 0.868 bits per heavy atom. The van der Waals surface area contributed by atoms with Crippen molar-refractivity contribution in [2.45, 2.75) is 6.92 Å². The summed E-state index contributed by atoms with van der Waals surface area (Å²) in [5.41, 5.74) is 8.26. The van der Waals surface area contributed by atoms with E-state index < -0.39 is 0 Å². The summed E-state index contributed by atoms with van der Waals surface area (Å²) in [7, 11) is 3.94. The summed E-state index contributed by atoms with van der Waals surface area (Å²) in [5, 5.41) is 9.68. The molecule has 0 spiro atoms. The molecule has 0 fully saturated rings. The van der Waals surface area contributed by atoms with Crippen LogP contribution in [-0.4, -0.2) is 57.3 Å². The second-order valence-corrected chi connectivity index (χ2v) is 9.68. The monoisotopic (exact) mass is 506 g/mol. The lowest BCUT2D eigenvalue weighted by Gasteiger charge is -2.12. The second-order valence-electron chi connectivity index (χ2n) is 9.68. The van der Waals surface area contributed by atoms with Gasteiger partial charge in [-0.05, 0) is 74.1 Å². The van der Waals surface area contributed by atoms with Crippen molar-refractivity contribution in [3.63, 3.8) is 0 Å². The Bertz CT molecular complexity index is 1770.